The van der Waals surface area contributed by atoms with Crippen molar-refractivity contribution in [2.24, 2.45) is 5.92 Å². The van der Waals surface area contributed by atoms with Gasteiger partial charge in [0.25, 0.3) is 5.91 Å². The number of hydrogen-bond donors (Lipinski definition) is 2. The summed E-state index contributed by atoms with van der Waals surface area (Å²) in [5, 5.41) is 17.0. The van der Waals surface area contributed by atoms with Crippen LogP contribution in [0.15, 0.2) is 42.7 Å². The molecule has 24 heavy (non-hydrogen) atoms. The Morgan fingerprint density at radius 3 is 2.79 bits per heavy atom. The maximum absolute atomic E-state index is 12.5. The summed E-state index contributed by atoms with van der Waals surface area (Å²) in [6.07, 6.45) is 8.74. The van der Waals surface area contributed by atoms with Crippen LogP contribution in [0, 0.1) is 5.92 Å². The standard InChI is InChI=1S/C19H25N3O2/c23-14-16-9-5-2-6-10-18(16)21-19(24)17-11-20-22(13-17)12-15-7-3-1-4-8-15/h1,3-4,7-8,11,13,16,18,23H,2,5-6,9-10,12,14H2,(H,21,24). The average Bonchev–Trinajstić information content (AvgIpc) is 2.95. The van der Waals surface area contributed by atoms with Crippen LogP contribution in [0.2, 0.25) is 0 Å². The highest BCUT2D eigenvalue weighted by molar-refractivity contribution is 5.93. The lowest BCUT2D eigenvalue weighted by atomic mass is 9.95. The number of amides is 1. The molecular weight excluding hydrogens is 302 g/mol. The summed E-state index contributed by atoms with van der Waals surface area (Å²) in [5.41, 5.74) is 1.73. The summed E-state index contributed by atoms with van der Waals surface area (Å²) in [6, 6.07) is 10.1. The molecular formula is C19H25N3O2. The highest BCUT2D eigenvalue weighted by atomic mass is 16.3. The van der Waals surface area contributed by atoms with Crippen LogP contribution in [0.1, 0.15) is 48.0 Å². The number of aliphatic hydroxyl groups is 1. The minimum atomic E-state index is -0.0975. The lowest BCUT2D eigenvalue weighted by molar-refractivity contribution is 0.0899. The Kier molecular flexibility index (Phi) is 5.64. The van der Waals surface area contributed by atoms with Crippen molar-refractivity contribution in [2.75, 3.05) is 6.61 Å². The first-order valence-electron chi connectivity index (χ1n) is 8.74. The highest BCUT2D eigenvalue weighted by Gasteiger charge is 2.25. The number of nitrogens with zero attached hydrogens (tertiary/aromatic N) is 2. The van der Waals surface area contributed by atoms with Crippen molar-refractivity contribution < 1.29 is 9.90 Å². The molecule has 1 aliphatic carbocycles. The third-order valence-electron chi connectivity index (χ3n) is 4.79. The number of aromatic nitrogens is 2. The number of nitrogens with one attached hydrogen (secondary N) is 1. The van der Waals surface area contributed by atoms with Crippen molar-refractivity contribution in [1.29, 1.82) is 0 Å². The Labute approximate surface area is 142 Å². The van der Waals surface area contributed by atoms with Crippen LogP contribution in [-0.4, -0.2) is 33.4 Å². The molecule has 2 N–H and O–H groups in total. The van der Waals surface area contributed by atoms with Gasteiger partial charge in [-0.15, -0.1) is 0 Å². The van der Waals surface area contributed by atoms with Gasteiger partial charge < -0.3 is 10.4 Å². The van der Waals surface area contributed by atoms with E-state index in [9.17, 15) is 9.90 Å². The number of benzene rings is 1. The van der Waals surface area contributed by atoms with E-state index >= 15 is 0 Å². The second-order valence-electron chi connectivity index (χ2n) is 6.57. The molecule has 2 aromatic rings. The Bertz CT molecular complexity index is 654. The van der Waals surface area contributed by atoms with Crippen molar-refractivity contribution in [3.05, 3.63) is 53.9 Å². The molecule has 1 saturated carbocycles. The van der Waals surface area contributed by atoms with Gasteiger partial charge in [-0.1, -0.05) is 49.6 Å². The fourth-order valence-corrected chi connectivity index (χ4v) is 3.38. The van der Waals surface area contributed by atoms with Crippen molar-refractivity contribution in [1.82, 2.24) is 15.1 Å². The van der Waals surface area contributed by atoms with E-state index in [1.165, 1.54) is 6.42 Å². The monoisotopic (exact) mass is 327 g/mol. The lowest BCUT2D eigenvalue weighted by Crippen LogP contribution is -2.41. The van der Waals surface area contributed by atoms with Crippen LogP contribution >= 0.6 is 0 Å². The van der Waals surface area contributed by atoms with Crippen molar-refractivity contribution in [2.45, 2.75) is 44.7 Å². The Balaban J connectivity index is 1.62. The minimum Gasteiger partial charge on any atom is -0.396 e. The fourth-order valence-electron chi connectivity index (χ4n) is 3.38. The van der Waals surface area contributed by atoms with E-state index in [0.717, 1.165) is 31.2 Å². The third-order valence-corrected chi connectivity index (χ3v) is 4.79. The largest absolute Gasteiger partial charge is 0.396 e. The first-order chi connectivity index (χ1) is 11.8. The zero-order valence-corrected chi connectivity index (χ0v) is 13.9. The Morgan fingerprint density at radius 1 is 1.21 bits per heavy atom. The quantitative estimate of drug-likeness (QED) is 0.830. The van der Waals surface area contributed by atoms with Gasteiger partial charge in [0.1, 0.15) is 0 Å². The predicted molar refractivity (Wildman–Crippen MR) is 92.7 cm³/mol. The number of carbonyl (C=O) groups is 1. The van der Waals surface area contributed by atoms with Gasteiger partial charge in [0.2, 0.25) is 0 Å². The first-order valence-corrected chi connectivity index (χ1v) is 8.74. The van der Waals surface area contributed by atoms with E-state index in [4.69, 9.17) is 0 Å². The molecule has 1 amide bonds. The molecule has 2 atom stereocenters. The summed E-state index contributed by atoms with van der Waals surface area (Å²) in [7, 11) is 0. The molecule has 3 rings (SSSR count). The van der Waals surface area contributed by atoms with Crippen molar-refractivity contribution >= 4 is 5.91 Å². The third kappa shape index (κ3) is 4.23. The molecule has 0 aliphatic heterocycles. The molecule has 1 aromatic carbocycles. The predicted octanol–water partition coefficient (Wildman–Crippen LogP) is 2.60. The van der Waals surface area contributed by atoms with Crippen LogP contribution in [0.25, 0.3) is 0 Å². The van der Waals surface area contributed by atoms with Gasteiger partial charge in [-0.05, 0) is 18.4 Å². The normalized spacial score (nSPS) is 21.2. The zero-order chi connectivity index (χ0) is 16.8. The van der Waals surface area contributed by atoms with Crippen LogP contribution in [-0.2, 0) is 6.54 Å². The summed E-state index contributed by atoms with van der Waals surface area (Å²) in [5.74, 6) is 0.0653. The van der Waals surface area contributed by atoms with E-state index in [1.54, 1.807) is 17.1 Å². The molecule has 0 saturated heterocycles. The lowest BCUT2D eigenvalue weighted by Gasteiger charge is -2.24. The molecule has 1 aromatic heterocycles. The number of carbonyl (C=O) groups excluding carboxylic acids is 1. The summed E-state index contributed by atoms with van der Waals surface area (Å²) >= 11 is 0. The molecule has 2 unspecified atom stereocenters. The number of hydrogen-bond acceptors (Lipinski definition) is 3. The minimum absolute atomic E-state index is 0.0578. The molecule has 0 radical (unpaired) electrons. The van der Waals surface area contributed by atoms with Gasteiger partial charge in [0, 0.05) is 24.8 Å². The molecule has 0 bridgehead atoms. The van der Waals surface area contributed by atoms with Crippen LogP contribution in [0.5, 0.6) is 0 Å². The smallest absolute Gasteiger partial charge is 0.254 e. The van der Waals surface area contributed by atoms with Crippen LogP contribution in [0.4, 0.5) is 0 Å². The van der Waals surface area contributed by atoms with Gasteiger partial charge >= 0.3 is 0 Å². The molecule has 1 heterocycles. The number of aliphatic hydroxyl groups excluding tert-OH is 1. The van der Waals surface area contributed by atoms with E-state index < -0.39 is 0 Å². The first kappa shape index (κ1) is 16.7. The maximum Gasteiger partial charge on any atom is 0.254 e. The second kappa shape index (κ2) is 8.11. The van der Waals surface area contributed by atoms with Gasteiger partial charge in [-0.25, -0.2) is 0 Å². The van der Waals surface area contributed by atoms with Crippen LogP contribution < -0.4 is 5.32 Å². The van der Waals surface area contributed by atoms with E-state index in [0.29, 0.717) is 12.1 Å². The Morgan fingerprint density at radius 2 is 2.00 bits per heavy atom. The molecule has 5 nitrogen and oxygen atoms in total. The molecule has 5 heteroatoms. The molecule has 128 valence electrons. The summed E-state index contributed by atoms with van der Waals surface area (Å²) in [6.45, 7) is 0.787. The average molecular weight is 327 g/mol. The van der Waals surface area contributed by atoms with Crippen molar-refractivity contribution in [3.8, 4) is 0 Å². The zero-order valence-electron chi connectivity index (χ0n) is 13.9. The van der Waals surface area contributed by atoms with Gasteiger partial charge in [-0.2, -0.15) is 5.10 Å². The van der Waals surface area contributed by atoms with Crippen LogP contribution in [0.3, 0.4) is 0 Å². The van der Waals surface area contributed by atoms with E-state index in [2.05, 4.69) is 10.4 Å². The summed E-state index contributed by atoms with van der Waals surface area (Å²) < 4.78 is 1.78. The fraction of sp³-hybridized carbons (Fsp3) is 0.474. The Hall–Kier alpha value is -2.14. The topological polar surface area (TPSA) is 67.2 Å². The van der Waals surface area contributed by atoms with Gasteiger partial charge in [0.15, 0.2) is 0 Å². The summed E-state index contributed by atoms with van der Waals surface area (Å²) in [4.78, 5) is 12.5. The van der Waals surface area contributed by atoms with Gasteiger partial charge in [-0.3, -0.25) is 9.48 Å². The molecule has 1 aliphatic rings. The second-order valence-corrected chi connectivity index (χ2v) is 6.57. The molecule has 0 spiro atoms. The number of rotatable bonds is 5. The van der Waals surface area contributed by atoms with Crippen molar-refractivity contribution in [3.63, 3.8) is 0 Å². The van der Waals surface area contributed by atoms with E-state index in [-0.39, 0.29) is 24.5 Å². The maximum atomic E-state index is 12.5. The highest BCUT2D eigenvalue weighted by Crippen LogP contribution is 2.23. The SMILES string of the molecule is O=C(NC1CCCCCC1CO)c1cnn(Cc2ccccc2)c1. The van der Waals surface area contributed by atoms with Gasteiger partial charge in [0.05, 0.1) is 18.3 Å². The molecule has 1 fully saturated rings. The van der Waals surface area contributed by atoms with E-state index in [1.807, 2.05) is 30.3 Å².